The third-order valence-corrected chi connectivity index (χ3v) is 3.36. The Labute approximate surface area is 119 Å². The van der Waals surface area contributed by atoms with E-state index in [1.807, 2.05) is 0 Å². The Hall–Kier alpha value is -1.03. The molecule has 0 spiro atoms. The number of benzene rings is 1. The van der Waals surface area contributed by atoms with Crippen molar-refractivity contribution in [2.24, 2.45) is 0 Å². The van der Waals surface area contributed by atoms with Gasteiger partial charge in [-0.15, -0.1) is 0 Å². The predicted molar refractivity (Wildman–Crippen MR) is 71.3 cm³/mol. The Bertz CT molecular complexity index is 512. The smallest absolute Gasteiger partial charge is 0.346 e. The van der Waals surface area contributed by atoms with E-state index in [9.17, 15) is 9.59 Å². The topological polar surface area (TPSA) is 43.4 Å². The zero-order chi connectivity index (χ0) is 13.9. The van der Waals surface area contributed by atoms with Crippen molar-refractivity contribution >= 4 is 46.7 Å². The molecule has 0 aliphatic heterocycles. The third kappa shape index (κ3) is 3.48. The molecule has 0 bridgehead atoms. The molecule has 1 rings (SSSR count). The summed E-state index contributed by atoms with van der Waals surface area (Å²) in [6, 6.07) is 2.58. The predicted octanol–water partition coefficient (Wildman–Crippen LogP) is 4.30. The summed E-state index contributed by atoms with van der Waals surface area (Å²) in [5, 5.41) is 0.378. The fourth-order valence-electron chi connectivity index (χ4n) is 1.01. The molecule has 0 unspecified atom stereocenters. The Morgan fingerprint density at radius 3 is 2.11 bits per heavy atom. The van der Waals surface area contributed by atoms with Gasteiger partial charge in [0.05, 0.1) is 20.6 Å². The Morgan fingerprint density at radius 1 is 1.17 bits per heavy atom. The molecule has 0 aliphatic carbocycles. The average molecular weight is 308 g/mol. The summed E-state index contributed by atoms with van der Waals surface area (Å²) in [5.74, 6) is -1.55. The molecule has 0 fully saturated rings. The molecule has 0 amide bonds. The quantitative estimate of drug-likeness (QED) is 0.354. The van der Waals surface area contributed by atoms with Crippen molar-refractivity contribution in [2.45, 2.75) is 13.8 Å². The number of hydrogen-bond acceptors (Lipinski definition) is 3. The van der Waals surface area contributed by atoms with Gasteiger partial charge < -0.3 is 4.74 Å². The number of carbonyl (C=O) groups is 2. The summed E-state index contributed by atoms with van der Waals surface area (Å²) in [6.45, 7) is 3.20. The molecule has 0 radical (unpaired) electrons. The van der Waals surface area contributed by atoms with Crippen molar-refractivity contribution in [3.8, 4) is 0 Å². The zero-order valence-corrected chi connectivity index (χ0v) is 11.9. The number of allylic oxidation sites excluding steroid dienone is 1. The van der Waals surface area contributed by atoms with E-state index in [0.717, 1.165) is 0 Å². The second kappa shape index (κ2) is 6.23. The lowest BCUT2D eigenvalue weighted by Gasteiger charge is -2.05. The molecule has 1 aromatic carbocycles. The van der Waals surface area contributed by atoms with E-state index in [4.69, 9.17) is 34.8 Å². The van der Waals surface area contributed by atoms with Crippen molar-refractivity contribution in [1.29, 1.82) is 0 Å². The molecule has 96 valence electrons. The Balaban J connectivity index is 2.96. The molecule has 0 N–H and O–H groups in total. The standard InChI is InChI=1S/C12H9Cl3O3/c1-3-6(2)11(16)18-12(17)7-4-8(13)10(15)9(14)5-7/h3-5H,1-2H3/b6-3-. The van der Waals surface area contributed by atoms with Gasteiger partial charge in [-0.3, -0.25) is 0 Å². The van der Waals surface area contributed by atoms with E-state index in [0.29, 0.717) is 5.57 Å². The molecule has 0 atom stereocenters. The first-order valence-corrected chi connectivity index (χ1v) is 6.04. The highest BCUT2D eigenvalue weighted by atomic mass is 35.5. The number of esters is 2. The first-order chi connectivity index (χ1) is 8.36. The van der Waals surface area contributed by atoms with Crippen molar-refractivity contribution in [2.75, 3.05) is 0 Å². The largest absolute Gasteiger partial charge is 0.386 e. The van der Waals surface area contributed by atoms with Gasteiger partial charge in [0.1, 0.15) is 0 Å². The summed E-state index contributed by atoms with van der Waals surface area (Å²) in [5.41, 5.74) is 0.390. The number of hydrogen-bond donors (Lipinski definition) is 0. The number of halogens is 3. The maximum atomic E-state index is 11.7. The van der Waals surface area contributed by atoms with Crippen molar-refractivity contribution in [3.63, 3.8) is 0 Å². The molecule has 6 heteroatoms. The van der Waals surface area contributed by atoms with Gasteiger partial charge in [0.25, 0.3) is 0 Å². The van der Waals surface area contributed by atoms with Gasteiger partial charge in [0.2, 0.25) is 0 Å². The SMILES string of the molecule is C/C=C(/C)C(=O)OC(=O)c1cc(Cl)c(Cl)c(Cl)c1. The summed E-state index contributed by atoms with van der Waals surface area (Å²) < 4.78 is 4.63. The van der Waals surface area contributed by atoms with Crippen LogP contribution in [-0.4, -0.2) is 11.9 Å². The fraction of sp³-hybridized carbons (Fsp3) is 0.167. The van der Waals surface area contributed by atoms with E-state index < -0.39 is 11.9 Å². The number of carbonyl (C=O) groups excluding carboxylic acids is 2. The van der Waals surface area contributed by atoms with Crippen LogP contribution in [0.15, 0.2) is 23.8 Å². The average Bonchev–Trinajstić information content (AvgIpc) is 2.33. The van der Waals surface area contributed by atoms with E-state index in [2.05, 4.69) is 4.74 Å². The van der Waals surface area contributed by atoms with E-state index in [-0.39, 0.29) is 20.6 Å². The first kappa shape index (κ1) is 15.0. The highest BCUT2D eigenvalue weighted by Crippen LogP contribution is 2.31. The number of rotatable bonds is 2. The van der Waals surface area contributed by atoms with Crippen LogP contribution in [-0.2, 0) is 9.53 Å². The first-order valence-electron chi connectivity index (χ1n) is 4.90. The van der Waals surface area contributed by atoms with Crippen LogP contribution in [0.5, 0.6) is 0 Å². The van der Waals surface area contributed by atoms with E-state index >= 15 is 0 Å². The molecular formula is C12H9Cl3O3. The second-order valence-corrected chi connectivity index (χ2v) is 4.59. The number of ether oxygens (including phenoxy) is 1. The van der Waals surface area contributed by atoms with Crippen LogP contribution >= 0.6 is 34.8 Å². The minimum Gasteiger partial charge on any atom is -0.386 e. The van der Waals surface area contributed by atoms with Crippen molar-refractivity contribution in [3.05, 3.63) is 44.4 Å². The van der Waals surface area contributed by atoms with E-state index in [1.54, 1.807) is 6.92 Å². The van der Waals surface area contributed by atoms with Crippen LogP contribution in [0.25, 0.3) is 0 Å². The van der Waals surface area contributed by atoms with Crippen LogP contribution < -0.4 is 0 Å². The molecule has 0 aromatic heterocycles. The summed E-state index contributed by atoms with van der Waals surface area (Å²) in [7, 11) is 0. The van der Waals surface area contributed by atoms with Crippen LogP contribution in [0, 0.1) is 0 Å². The minimum absolute atomic E-state index is 0.0617. The second-order valence-electron chi connectivity index (χ2n) is 3.40. The maximum Gasteiger partial charge on any atom is 0.346 e. The lowest BCUT2D eigenvalue weighted by molar-refractivity contribution is -0.133. The van der Waals surface area contributed by atoms with Gasteiger partial charge in [-0.2, -0.15) is 0 Å². The Kier molecular flexibility index (Phi) is 5.20. The normalized spacial score (nSPS) is 11.3. The summed E-state index contributed by atoms with van der Waals surface area (Å²) in [6.07, 6.45) is 1.54. The van der Waals surface area contributed by atoms with Gasteiger partial charge in [0, 0.05) is 5.57 Å². The molecule has 0 saturated heterocycles. The van der Waals surface area contributed by atoms with Crippen molar-refractivity contribution in [1.82, 2.24) is 0 Å². The molecular weight excluding hydrogens is 298 g/mol. The lowest BCUT2D eigenvalue weighted by Crippen LogP contribution is -2.13. The van der Waals surface area contributed by atoms with Crippen molar-refractivity contribution < 1.29 is 14.3 Å². The van der Waals surface area contributed by atoms with Crippen LogP contribution in [0.2, 0.25) is 15.1 Å². The minimum atomic E-state index is -0.832. The molecule has 1 aromatic rings. The third-order valence-electron chi connectivity index (χ3n) is 2.16. The maximum absolute atomic E-state index is 11.7. The van der Waals surface area contributed by atoms with Gasteiger partial charge >= 0.3 is 11.9 Å². The highest BCUT2D eigenvalue weighted by molar-refractivity contribution is 6.48. The van der Waals surface area contributed by atoms with Gasteiger partial charge in [-0.1, -0.05) is 40.9 Å². The zero-order valence-electron chi connectivity index (χ0n) is 9.59. The summed E-state index contributed by atoms with van der Waals surface area (Å²) >= 11 is 17.3. The fourth-order valence-corrected chi connectivity index (χ4v) is 1.61. The molecule has 0 heterocycles. The van der Waals surface area contributed by atoms with Crippen LogP contribution in [0.1, 0.15) is 24.2 Å². The Morgan fingerprint density at radius 2 is 1.67 bits per heavy atom. The molecule has 3 nitrogen and oxygen atoms in total. The van der Waals surface area contributed by atoms with Gasteiger partial charge in [-0.05, 0) is 26.0 Å². The van der Waals surface area contributed by atoms with Gasteiger partial charge in [0.15, 0.2) is 0 Å². The van der Waals surface area contributed by atoms with Crippen LogP contribution in [0.4, 0.5) is 0 Å². The van der Waals surface area contributed by atoms with Gasteiger partial charge in [-0.25, -0.2) is 9.59 Å². The lowest BCUT2D eigenvalue weighted by atomic mass is 10.2. The molecule has 0 aliphatic rings. The summed E-state index contributed by atoms with van der Waals surface area (Å²) in [4.78, 5) is 23.1. The van der Waals surface area contributed by atoms with E-state index in [1.165, 1.54) is 25.1 Å². The molecule has 0 saturated carbocycles. The van der Waals surface area contributed by atoms with Crippen LogP contribution in [0.3, 0.4) is 0 Å². The monoisotopic (exact) mass is 306 g/mol. The highest BCUT2D eigenvalue weighted by Gasteiger charge is 2.17. The molecule has 18 heavy (non-hydrogen) atoms.